The number of aryl methyl sites for hydroxylation is 3. The smallest absolute Gasteiger partial charge is 0.410 e. The molecule has 3 aliphatic rings. The van der Waals surface area contributed by atoms with Gasteiger partial charge in [0.15, 0.2) is 0 Å². The van der Waals surface area contributed by atoms with Crippen LogP contribution in [0.3, 0.4) is 0 Å². The van der Waals surface area contributed by atoms with Crippen molar-refractivity contribution >= 4 is 23.6 Å². The highest BCUT2D eigenvalue weighted by atomic mass is 35.5. The van der Waals surface area contributed by atoms with Crippen LogP contribution in [-0.4, -0.2) is 79.6 Å². The van der Waals surface area contributed by atoms with Crippen LogP contribution < -0.4 is 0 Å². The van der Waals surface area contributed by atoms with Crippen LogP contribution in [0.5, 0.6) is 0 Å². The molecule has 2 fully saturated rings. The lowest BCUT2D eigenvalue weighted by Gasteiger charge is -2.45. The van der Waals surface area contributed by atoms with Gasteiger partial charge in [0.05, 0.1) is 23.8 Å². The Kier molecular flexibility index (Phi) is 11.6. The van der Waals surface area contributed by atoms with E-state index >= 15 is 4.79 Å². The van der Waals surface area contributed by atoms with Gasteiger partial charge in [0.2, 0.25) is 5.91 Å². The van der Waals surface area contributed by atoms with E-state index in [4.69, 9.17) is 21.3 Å². The molecule has 2 aromatic heterocycles. The number of rotatable bonds is 10. The summed E-state index contributed by atoms with van der Waals surface area (Å²) in [7, 11) is 0. The highest BCUT2D eigenvalue weighted by Gasteiger charge is 2.42. The minimum atomic E-state index is -0.722. The number of carbonyl (C=O) groups excluding carboxylic acids is 2. The van der Waals surface area contributed by atoms with Gasteiger partial charge >= 0.3 is 6.09 Å². The number of piperazine rings is 1. The van der Waals surface area contributed by atoms with Crippen LogP contribution in [0, 0.1) is 0 Å². The number of ether oxygens (including phenoxy) is 1. The van der Waals surface area contributed by atoms with Crippen LogP contribution in [0.4, 0.5) is 4.79 Å². The number of aromatic nitrogens is 3. The lowest BCUT2D eigenvalue weighted by molar-refractivity contribution is -0.140. The molecule has 1 saturated carbocycles. The second-order valence-corrected chi connectivity index (χ2v) is 15.4. The number of halogens is 1. The van der Waals surface area contributed by atoms with E-state index in [-0.39, 0.29) is 24.1 Å². The zero-order valence-electron chi connectivity index (χ0n) is 30.5. The third-order valence-corrected chi connectivity index (χ3v) is 11.2. The number of fused-ring (bicyclic) bond motifs is 2. The summed E-state index contributed by atoms with van der Waals surface area (Å²) in [5.74, 6) is 0.291. The number of imidazole rings is 1. The second kappa shape index (κ2) is 16.6. The minimum Gasteiger partial charge on any atom is -0.446 e. The van der Waals surface area contributed by atoms with E-state index < -0.39 is 6.04 Å². The number of benzene rings is 2. The molecule has 4 aromatic rings. The molecule has 2 aromatic carbocycles. The molecule has 274 valence electrons. The van der Waals surface area contributed by atoms with E-state index in [1.54, 1.807) is 4.90 Å². The largest absolute Gasteiger partial charge is 0.446 e. The van der Waals surface area contributed by atoms with Gasteiger partial charge in [-0.1, -0.05) is 74.3 Å². The first-order valence-corrected chi connectivity index (χ1v) is 19.5. The monoisotopic (exact) mass is 722 g/mol. The maximum absolute atomic E-state index is 15.1. The number of amides is 2. The Balaban J connectivity index is 1.20. The van der Waals surface area contributed by atoms with Crippen LogP contribution in [0.15, 0.2) is 79.4 Å². The van der Waals surface area contributed by atoms with E-state index in [9.17, 15) is 4.79 Å². The third-order valence-electron chi connectivity index (χ3n) is 11.0. The maximum Gasteiger partial charge on any atom is 0.410 e. The average Bonchev–Trinajstić information content (AvgIpc) is 3.58. The summed E-state index contributed by atoms with van der Waals surface area (Å²) >= 11 is 6.53. The number of pyridine rings is 1. The summed E-state index contributed by atoms with van der Waals surface area (Å²) < 4.78 is 8.26. The van der Waals surface area contributed by atoms with Crippen LogP contribution in [0.1, 0.15) is 98.0 Å². The van der Waals surface area contributed by atoms with Crippen LogP contribution in [0.25, 0.3) is 0 Å². The molecule has 3 heterocycles. The molecule has 2 amide bonds. The second-order valence-electron chi connectivity index (χ2n) is 14.9. The van der Waals surface area contributed by atoms with Crippen molar-refractivity contribution in [3.8, 4) is 0 Å². The van der Waals surface area contributed by atoms with Crippen molar-refractivity contribution in [1.29, 1.82) is 0 Å². The summed E-state index contributed by atoms with van der Waals surface area (Å²) in [6.07, 6.45) is 12.9. The maximum atomic E-state index is 15.1. The summed E-state index contributed by atoms with van der Waals surface area (Å²) in [6, 6.07) is 19.5. The number of hydrogen-bond donors (Lipinski definition) is 0. The van der Waals surface area contributed by atoms with Gasteiger partial charge in [-0.3, -0.25) is 19.6 Å². The Morgan fingerprint density at radius 2 is 1.77 bits per heavy atom. The zero-order chi connectivity index (χ0) is 36.0. The van der Waals surface area contributed by atoms with Gasteiger partial charge in [0.25, 0.3) is 0 Å². The topological polar surface area (TPSA) is 83.8 Å². The standard InChI is InChI=1S/C42H51ClN6O3/c1-30(2)37-27-46(29-45-37)21-10-22-48(26-31-11-5-3-6-12-31)41(50)38-28-47(23-24-49(38)42(51)52-35-14-7-4-8-15-35)40-36-19-18-34(43)25-33(36)17-16-32-13-9-20-44-39(32)40/h3,5-6,9,11-13,18-20,25,27,29-30,35,38,40H,4,7-8,10,14-17,21-24,26,28H2,1-2H3/t38-,40+/m1/s1. The molecular weight excluding hydrogens is 672 g/mol. The highest BCUT2D eigenvalue weighted by Crippen LogP contribution is 2.38. The van der Waals surface area contributed by atoms with Gasteiger partial charge < -0.3 is 14.2 Å². The van der Waals surface area contributed by atoms with Crippen LogP contribution in [0.2, 0.25) is 5.02 Å². The zero-order valence-corrected chi connectivity index (χ0v) is 31.3. The van der Waals surface area contributed by atoms with Crippen molar-refractivity contribution in [2.75, 3.05) is 26.2 Å². The summed E-state index contributed by atoms with van der Waals surface area (Å²) in [6.45, 7) is 7.36. The van der Waals surface area contributed by atoms with Gasteiger partial charge in [0.1, 0.15) is 12.1 Å². The van der Waals surface area contributed by atoms with Crippen molar-refractivity contribution in [3.63, 3.8) is 0 Å². The SMILES string of the molecule is CC(C)c1cn(CCCN(Cc2ccccc2)C(=O)[C@H]2CN([C@H]3c4ccc(Cl)cc4CCc4cccnc43)CCN2C(=O)OC2CCCCC2)cn1. The molecule has 0 radical (unpaired) electrons. The molecule has 10 heteroatoms. The fourth-order valence-electron chi connectivity index (χ4n) is 8.14. The molecule has 9 nitrogen and oxygen atoms in total. The lowest BCUT2D eigenvalue weighted by atomic mass is 9.95. The fourth-order valence-corrected chi connectivity index (χ4v) is 8.33. The van der Waals surface area contributed by atoms with Crippen molar-refractivity contribution in [2.24, 2.45) is 0 Å². The van der Waals surface area contributed by atoms with Gasteiger partial charge in [-0.25, -0.2) is 9.78 Å². The first-order chi connectivity index (χ1) is 25.3. The Bertz CT molecular complexity index is 1820. The first-order valence-electron chi connectivity index (χ1n) is 19.1. The van der Waals surface area contributed by atoms with E-state index in [1.165, 1.54) is 17.5 Å². The van der Waals surface area contributed by atoms with Crippen LogP contribution >= 0.6 is 11.6 Å². The Labute approximate surface area is 312 Å². The van der Waals surface area contributed by atoms with Gasteiger partial charge in [-0.2, -0.15) is 0 Å². The Morgan fingerprint density at radius 3 is 2.56 bits per heavy atom. The summed E-state index contributed by atoms with van der Waals surface area (Å²) in [5, 5.41) is 0.715. The van der Waals surface area contributed by atoms with Gasteiger partial charge in [-0.15, -0.1) is 0 Å². The van der Waals surface area contributed by atoms with Gasteiger partial charge in [-0.05, 0) is 91.3 Å². The predicted octanol–water partition coefficient (Wildman–Crippen LogP) is 7.82. The van der Waals surface area contributed by atoms with Crippen LogP contribution in [-0.2, 0) is 35.5 Å². The minimum absolute atomic E-state index is 0.0613. The molecule has 0 spiro atoms. The Morgan fingerprint density at radius 1 is 0.962 bits per heavy atom. The molecule has 1 saturated heterocycles. The average molecular weight is 723 g/mol. The first kappa shape index (κ1) is 36.2. The van der Waals surface area contributed by atoms with Gasteiger partial charge in [0, 0.05) is 56.7 Å². The highest BCUT2D eigenvalue weighted by molar-refractivity contribution is 6.30. The molecule has 0 bridgehead atoms. The van der Waals surface area contributed by atoms with E-state index in [2.05, 4.69) is 64.8 Å². The predicted molar refractivity (Wildman–Crippen MR) is 203 cm³/mol. The summed E-state index contributed by atoms with van der Waals surface area (Å²) in [4.78, 5) is 44.7. The third kappa shape index (κ3) is 8.37. The van der Waals surface area contributed by atoms with E-state index in [0.717, 1.165) is 74.0 Å². The van der Waals surface area contributed by atoms with Crippen molar-refractivity contribution in [3.05, 3.63) is 118 Å². The van der Waals surface area contributed by atoms with E-state index in [0.29, 0.717) is 43.7 Å². The molecular formula is C42H51ClN6O3. The molecule has 52 heavy (non-hydrogen) atoms. The molecule has 0 unspecified atom stereocenters. The van der Waals surface area contributed by atoms with E-state index in [1.807, 2.05) is 47.8 Å². The molecule has 1 aliphatic heterocycles. The summed E-state index contributed by atoms with van der Waals surface area (Å²) in [5.41, 5.74) is 6.68. The normalized spacial score (nSPS) is 19.5. The number of nitrogens with zero attached hydrogens (tertiary/aromatic N) is 6. The van der Waals surface area contributed by atoms with Crippen molar-refractivity contribution in [2.45, 2.75) is 102 Å². The number of hydrogen-bond acceptors (Lipinski definition) is 6. The molecule has 2 atom stereocenters. The lowest BCUT2D eigenvalue weighted by Crippen LogP contribution is -2.62. The van der Waals surface area contributed by atoms with Crippen molar-refractivity contribution in [1.82, 2.24) is 29.2 Å². The Hall–Kier alpha value is -4.21. The molecule has 2 aliphatic carbocycles. The fraction of sp³-hybridized carbons (Fsp3) is 0.476. The quantitative estimate of drug-likeness (QED) is 0.166. The molecule has 7 rings (SSSR count). The van der Waals surface area contributed by atoms with Crippen molar-refractivity contribution < 1.29 is 14.3 Å². The molecule has 0 N–H and O–H groups in total. The number of carbonyl (C=O) groups is 2.